The summed E-state index contributed by atoms with van der Waals surface area (Å²) in [5.41, 5.74) is 6.55. The van der Waals surface area contributed by atoms with Crippen LogP contribution in [0.4, 0.5) is 4.79 Å². The molecule has 1 amide bonds. The number of carbonyl (C=O) groups excluding carboxylic acids is 1. The van der Waals surface area contributed by atoms with E-state index in [2.05, 4.69) is 91.7 Å². The fourth-order valence-electron chi connectivity index (χ4n) is 4.16. The van der Waals surface area contributed by atoms with Gasteiger partial charge in [-0.25, -0.2) is 4.79 Å². The minimum absolute atomic E-state index is 0.256. The highest BCUT2D eigenvalue weighted by Gasteiger charge is 2.16. The Labute approximate surface area is 239 Å². The first-order chi connectivity index (χ1) is 19.2. The summed E-state index contributed by atoms with van der Waals surface area (Å²) in [6.45, 7) is 13.1. The molecule has 0 fully saturated rings. The number of amides is 1. The van der Waals surface area contributed by atoms with Crippen LogP contribution in [0.3, 0.4) is 0 Å². The van der Waals surface area contributed by atoms with Crippen LogP contribution < -0.4 is 9.47 Å². The highest BCUT2D eigenvalue weighted by atomic mass is 16.6. The predicted molar refractivity (Wildman–Crippen MR) is 162 cm³/mol. The number of carbonyl (C=O) groups is 1. The van der Waals surface area contributed by atoms with Gasteiger partial charge in [-0.15, -0.1) is 0 Å². The average Bonchev–Trinajstić information content (AvgIpc) is 2.92. The third kappa shape index (κ3) is 9.67. The van der Waals surface area contributed by atoms with E-state index in [4.69, 9.17) is 14.2 Å². The van der Waals surface area contributed by atoms with Crippen molar-refractivity contribution in [2.75, 3.05) is 19.8 Å². The number of benzene rings is 3. The summed E-state index contributed by atoms with van der Waals surface area (Å²) >= 11 is 0. The highest BCUT2D eigenvalue weighted by molar-refractivity contribution is 5.98. The summed E-state index contributed by atoms with van der Waals surface area (Å²) in [6, 6.07) is 25.2. The van der Waals surface area contributed by atoms with Crippen LogP contribution in [0.25, 0.3) is 11.1 Å². The molecule has 3 rings (SSSR count). The Hall–Kier alpha value is -3.93. The van der Waals surface area contributed by atoms with Crippen LogP contribution in [-0.4, -0.2) is 31.5 Å². The molecular formula is C34H42N2O4. The molecule has 0 aliphatic heterocycles. The fraction of sp³-hybridized carbons (Fsp3) is 0.382. The maximum absolute atomic E-state index is 11.7. The number of unbranched alkanes of at least 4 members (excludes halogenated alkanes) is 1. The normalized spacial score (nSPS) is 12.2. The lowest BCUT2D eigenvalue weighted by Gasteiger charge is -2.17. The molecule has 6 heteroatoms. The first-order valence-corrected chi connectivity index (χ1v) is 14.1. The monoisotopic (exact) mass is 542 g/mol. The van der Waals surface area contributed by atoms with Crippen molar-refractivity contribution in [3.63, 3.8) is 0 Å². The summed E-state index contributed by atoms with van der Waals surface area (Å²) in [5.74, 6) is 1.61. The molecule has 6 nitrogen and oxygen atoms in total. The van der Waals surface area contributed by atoms with Gasteiger partial charge in [0.2, 0.25) is 0 Å². The van der Waals surface area contributed by atoms with E-state index >= 15 is 0 Å². The van der Waals surface area contributed by atoms with Crippen LogP contribution in [0.15, 0.2) is 83.0 Å². The Balaban J connectivity index is 1.80. The van der Waals surface area contributed by atoms with Crippen molar-refractivity contribution in [2.45, 2.75) is 66.4 Å². The van der Waals surface area contributed by atoms with Gasteiger partial charge in [0.25, 0.3) is 0 Å². The van der Waals surface area contributed by atoms with Gasteiger partial charge in [-0.05, 0) is 92.6 Å². The second kappa shape index (κ2) is 15.0. The van der Waals surface area contributed by atoms with Crippen LogP contribution in [0.5, 0.6) is 11.5 Å². The van der Waals surface area contributed by atoms with Gasteiger partial charge in [0.15, 0.2) is 0 Å². The van der Waals surface area contributed by atoms with Gasteiger partial charge >= 0.3 is 6.09 Å². The number of ether oxygens (including phenoxy) is 3. The van der Waals surface area contributed by atoms with Gasteiger partial charge in [-0.3, -0.25) is 0 Å². The predicted octanol–water partition coefficient (Wildman–Crippen LogP) is 9.31. The van der Waals surface area contributed by atoms with Crippen LogP contribution >= 0.6 is 0 Å². The SMILES string of the molecule is CCCCOc1ccc(/C(=C(\CC)c2ccc(C)cc2)c2ccc(OCCN=NC(=O)OC(C)(C)C)cc2)cc1. The molecule has 0 bridgehead atoms. The number of nitrogens with zero attached hydrogens (tertiary/aromatic N) is 2. The van der Waals surface area contributed by atoms with Gasteiger partial charge in [0.05, 0.1) is 13.2 Å². The first kappa shape index (κ1) is 30.6. The van der Waals surface area contributed by atoms with Crippen molar-refractivity contribution in [2.24, 2.45) is 10.2 Å². The molecule has 212 valence electrons. The summed E-state index contributed by atoms with van der Waals surface area (Å²) in [5, 5.41) is 7.44. The fourth-order valence-corrected chi connectivity index (χ4v) is 4.16. The standard InChI is InChI=1S/C34H42N2O4/c1-7-9-23-38-29-18-14-27(15-19-29)32(31(8-2)26-12-10-25(3)11-13-26)28-16-20-30(21-17-28)39-24-22-35-36-33(37)40-34(4,5)6/h10-21H,7-9,22-24H2,1-6H3/b32-31-,36-35?. The molecule has 0 radical (unpaired) electrons. The van der Waals surface area contributed by atoms with E-state index in [-0.39, 0.29) is 6.54 Å². The second-order valence-corrected chi connectivity index (χ2v) is 10.6. The zero-order chi connectivity index (χ0) is 29.0. The molecular weight excluding hydrogens is 500 g/mol. The molecule has 3 aromatic carbocycles. The maximum Gasteiger partial charge on any atom is 0.452 e. The third-order valence-corrected chi connectivity index (χ3v) is 6.11. The maximum atomic E-state index is 11.7. The molecule has 0 aliphatic rings. The van der Waals surface area contributed by atoms with Crippen LogP contribution in [0, 0.1) is 6.92 Å². The van der Waals surface area contributed by atoms with E-state index in [1.54, 1.807) is 20.8 Å². The number of hydrogen-bond donors (Lipinski definition) is 0. The molecule has 0 atom stereocenters. The topological polar surface area (TPSA) is 69.5 Å². The summed E-state index contributed by atoms with van der Waals surface area (Å²) < 4.78 is 16.9. The minimum Gasteiger partial charge on any atom is -0.494 e. The number of aryl methyl sites for hydroxylation is 1. The molecule has 0 saturated carbocycles. The lowest BCUT2D eigenvalue weighted by molar-refractivity contribution is 0.0589. The Morgan fingerprint density at radius 2 is 1.27 bits per heavy atom. The molecule has 0 heterocycles. The molecule has 0 spiro atoms. The van der Waals surface area contributed by atoms with Gasteiger partial charge in [-0.1, -0.05) is 79.5 Å². The summed E-state index contributed by atoms with van der Waals surface area (Å²) in [4.78, 5) is 11.7. The minimum atomic E-state index is -0.697. The van der Waals surface area contributed by atoms with E-state index in [1.807, 2.05) is 12.1 Å². The van der Waals surface area contributed by atoms with Gasteiger partial charge in [-0.2, -0.15) is 5.11 Å². The second-order valence-electron chi connectivity index (χ2n) is 10.6. The smallest absolute Gasteiger partial charge is 0.452 e. The number of rotatable bonds is 12. The Morgan fingerprint density at radius 1 is 0.750 bits per heavy atom. The Kier molecular flexibility index (Phi) is 11.5. The van der Waals surface area contributed by atoms with Gasteiger partial charge in [0, 0.05) is 0 Å². The quantitative estimate of drug-likeness (QED) is 0.130. The zero-order valence-electron chi connectivity index (χ0n) is 24.7. The van der Waals surface area contributed by atoms with Crippen molar-refractivity contribution >= 4 is 17.2 Å². The summed E-state index contributed by atoms with van der Waals surface area (Å²) in [7, 11) is 0. The number of allylic oxidation sites excluding steroid dienone is 1. The average molecular weight is 543 g/mol. The van der Waals surface area contributed by atoms with E-state index < -0.39 is 11.7 Å². The van der Waals surface area contributed by atoms with Crippen molar-refractivity contribution in [3.05, 3.63) is 95.1 Å². The van der Waals surface area contributed by atoms with Crippen LogP contribution in [-0.2, 0) is 4.74 Å². The Morgan fingerprint density at radius 3 is 1.77 bits per heavy atom. The van der Waals surface area contributed by atoms with Crippen molar-refractivity contribution in [3.8, 4) is 11.5 Å². The van der Waals surface area contributed by atoms with Crippen molar-refractivity contribution in [1.82, 2.24) is 0 Å². The van der Waals surface area contributed by atoms with E-state index in [1.165, 1.54) is 22.3 Å². The molecule has 40 heavy (non-hydrogen) atoms. The lowest BCUT2D eigenvalue weighted by atomic mass is 9.88. The highest BCUT2D eigenvalue weighted by Crippen LogP contribution is 2.36. The molecule has 0 aliphatic carbocycles. The zero-order valence-corrected chi connectivity index (χ0v) is 24.7. The number of hydrogen-bond acceptors (Lipinski definition) is 5. The van der Waals surface area contributed by atoms with Crippen LogP contribution in [0.1, 0.15) is 76.1 Å². The molecule has 0 N–H and O–H groups in total. The van der Waals surface area contributed by atoms with Crippen molar-refractivity contribution in [1.29, 1.82) is 0 Å². The van der Waals surface area contributed by atoms with Gasteiger partial charge < -0.3 is 14.2 Å². The molecule has 0 saturated heterocycles. The molecule has 0 aromatic heterocycles. The van der Waals surface area contributed by atoms with Gasteiger partial charge in [0.1, 0.15) is 23.7 Å². The van der Waals surface area contributed by atoms with Crippen LogP contribution in [0.2, 0.25) is 0 Å². The first-order valence-electron chi connectivity index (χ1n) is 14.1. The Bertz CT molecular complexity index is 1270. The molecule has 3 aromatic rings. The van der Waals surface area contributed by atoms with Crippen molar-refractivity contribution < 1.29 is 19.0 Å². The largest absolute Gasteiger partial charge is 0.494 e. The lowest BCUT2D eigenvalue weighted by Crippen LogP contribution is -2.21. The van der Waals surface area contributed by atoms with E-state index in [9.17, 15) is 4.79 Å². The molecule has 0 unspecified atom stereocenters. The van der Waals surface area contributed by atoms with E-state index in [0.29, 0.717) is 6.61 Å². The van der Waals surface area contributed by atoms with E-state index in [0.717, 1.165) is 48.5 Å². The third-order valence-electron chi connectivity index (χ3n) is 6.11. The summed E-state index contributed by atoms with van der Waals surface area (Å²) in [6.07, 6.45) is 2.34. The number of azo groups is 1.